The SMILES string of the molecule is CCCn1c(C(CC)N2CCN(C(=O)C3CC3)CC2)nc2ccccc2c1=O. The van der Waals surface area contributed by atoms with Crippen LogP contribution in [0.3, 0.4) is 0 Å². The molecule has 1 saturated heterocycles. The molecule has 0 radical (unpaired) electrons. The second-order valence-electron chi connectivity index (χ2n) is 8.00. The Balaban J connectivity index is 1.62. The number of benzene rings is 1. The van der Waals surface area contributed by atoms with Gasteiger partial charge in [0, 0.05) is 38.6 Å². The molecule has 1 aliphatic heterocycles. The van der Waals surface area contributed by atoms with E-state index >= 15 is 0 Å². The normalized spacial score (nSPS) is 19.1. The van der Waals surface area contributed by atoms with E-state index in [9.17, 15) is 9.59 Å². The van der Waals surface area contributed by atoms with E-state index in [4.69, 9.17) is 4.98 Å². The van der Waals surface area contributed by atoms with Crippen molar-refractivity contribution in [1.82, 2.24) is 19.4 Å². The molecule has 0 N–H and O–H groups in total. The van der Waals surface area contributed by atoms with E-state index < -0.39 is 0 Å². The summed E-state index contributed by atoms with van der Waals surface area (Å²) in [6.07, 6.45) is 3.90. The van der Waals surface area contributed by atoms with Gasteiger partial charge in [0.15, 0.2) is 0 Å². The van der Waals surface area contributed by atoms with Gasteiger partial charge < -0.3 is 4.90 Å². The van der Waals surface area contributed by atoms with Gasteiger partial charge in [0.2, 0.25) is 5.91 Å². The van der Waals surface area contributed by atoms with Gasteiger partial charge in [-0.05, 0) is 37.8 Å². The maximum Gasteiger partial charge on any atom is 0.261 e. The lowest BCUT2D eigenvalue weighted by molar-refractivity contribution is -0.134. The maximum atomic E-state index is 13.1. The molecule has 1 aliphatic carbocycles. The minimum atomic E-state index is 0.0587. The number of rotatable bonds is 6. The van der Waals surface area contributed by atoms with Crippen molar-refractivity contribution in [3.63, 3.8) is 0 Å². The lowest BCUT2D eigenvalue weighted by atomic mass is 10.1. The summed E-state index contributed by atoms with van der Waals surface area (Å²) in [5.41, 5.74) is 0.833. The van der Waals surface area contributed by atoms with Crippen molar-refractivity contribution in [3.05, 3.63) is 40.4 Å². The van der Waals surface area contributed by atoms with Crippen molar-refractivity contribution in [2.45, 2.75) is 52.1 Å². The zero-order valence-corrected chi connectivity index (χ0v) is 16.9. The highest BCUT2D eigenvalue weighted by Crippen LogP contribution is 2.32. The fraction of sp³-hybridized carbons (Fsp3) is 0.591. The molecule has 1 amide bonds. The molecule has 2 heterocycles. The summed E-state index contributed by atoms with van der Waals surface area (Å²) in [4.78, 5) is 34.8. The molecule has 2 aromatic rings. The first-order chi connectivity index (χ1) is 13.6. The van der Waals surface area contributed by atoms with Crippen molar-refractivity contribution >= 4 is 16.8 Å². The van der Waals surface area contributed by atoms with Crippen molar-refractivity contribution in [2.75, 3.05) is 26.2 Å². The summed E-state index contributed by atoms with van der Waals surface area (Å²) < 4.78 is 1.87. The predicted molar refractivity (Wildman–Crippen MR) is 110 cm³/mol. The van der Waals surface area contributed by atoms with Crippen LogP contribution in [0.15, 0.2) is 29.1 Å². The molecule has 1 unspecified atom stereocenters. The highest BCUT2D eigenvalue weighted by molar-refractivity contribution is 5.81. The van der Waals surface area contributed by atoms with Gasteiger partial charge in [0.1, 0.15) is 5.82 Å². The van der Waals surface area contributed by atoms with E-state index in [0.717, 1.165) is 63.2 Å². The molecule has 150 valence electrons. The first-order valence-corrected chi connectivity index (χ1v) is 10.7. The average Bonchev–Trinajstić information content (AvgIpc) is 3.57. The standard InChI is InChI=1S/C22H30N4O2/c1-3-11-26-20(23-18-8-6-5-7-17(18)22(26)28)19(4-2)24-12-14-25(15-13-24)21(27)16-9-10-16/h5-8,16,19H,3-4,9-15H2,1-2H3. The van der Waals surface area contributed by atoms with E-state index in [0.29, 0.717) is 17.8 Å². The van der Waals surface area contributed by atoms with Crippen LogP contribution in [0.1, 0.15) is 51.4 Å². The van der Waals surface area contributed by atoms with E-state index in [1.807, 2.05) is 33.7 Å². The molecule has 4 rings (SSSR count). The maximum absolute atomic E-state index is 13.1. The molecule has 1 aromatic heterocycles. The van der Waals surface area contributed by atoms with Crippen LogP contribution in [0.5, 0.6) is 0 Å². The zero-order chi connectivity index (χ0) is 19.7. The average molecular weight is 383 g/mol. The fourth-order valence-corrected chi connectivity index (χ4v) is 4.33. The van der Waals surface area contributed by atoms with Crippen molar-refractivity contribution in [1.29, 1.82) is 0 Å². The Hall–Kier alpha value is -2.21. The number of fused-ring (bicyclic) bond motifs is 1. The third kappa shape index (κ3) is 3.58. The number of hydrogen-bond donors (Lipinski definition) is 0. The molecule has 28 heavy (non-hydrogen) atoms. The fourth-order valence-electron chi connectivity index (χ4n) is 4.33. The van der Waals surface area contributed by atoms with E-state index in [2.05, 4.69) is 18.7 Å². The summed E-state index contributed by atoms with van der Waals surface area (Å²) in [5, 5.41) is 0.689. The van der Waals surface area contributed by atoms with E-state index in [-0.39, 0.29) is 17.5 Å². The number of carbonyl (C=O) groups is 1. The summed E-state index contributed by atoms with van der Waals surface area (Å²) in [7, 11) is 0. The smallest absolute Gasteiger partial charge is 0.261 e. The van der Waals surface area contributed by atoms with Gasteiger partial charge in [-0.1, -0.05) is 26.0 Å². The highest BCUT2D eigenvalue weighted by atomic mass is 16.2. The predicted octanol–water partition coefficient (Wildman–Crippen LogP) is 2.81. The Bertz CT molecular complexity index is 910. The molecule has 1 atom stereocenters. The van der Waals surface area contributed by atoms with Crippen molar-refractivity contribution in [3.8, 4) is 0 Å². The van der Waals surface area contributed by atoms with Crippen LogP contribution >= 0.6 is 0 Å². The van der Waals surface area contributed by atoms with E-state index in [1.54, 1.807) is 0 Å². The quantitative estimate of drug-likeness (QED) is 0.771. The molecule has 6 heteroatoms. The largest absolute Gasteiger partial charge is 0.340 e. The Morgan fingerprint density at radius 1 is 1.14 bits per heavy atom. The van der Waals surface area contributed by atoms with Gasteiger partial charge in [0.25, 0.3) is 5.56 Å². The summed E-state index contributed by atoms with van der Waals surface area (Å²) in [6.45, 7) is 8.16. The highest BCUT2D eigenvalue weighted by Gasteiger charge is 2.36. The molecule has 0 bridgehead atoms. The first-order valence-electron chi connectivity index (χ1n) is 10.7. The lowest BCUT2D eigenvalue weighted by Crippen LogP contribution is -2.50. The number of carbonyl (C=O) groups excluding carboxylic acids is 1. The minimum absolute atomic E-state index is 0.0587. The Kier molecular flexibility index (Phi) is 5.49. The molecule has 1 saturated carbocycles. The van der Waals surface area contributed by atoms with Crippen LogP contribution in [0, 0.1) is 5.92 Å². The van der Waals surface area contributed by atoms with Gasteiger partial charge in [-0.15, -0.1) is 0 Å². The number of hydrogen-bond acceptors (Lipinski definition) is 4. The monoisotopic (exact) mass is 382 g/mol. The minimum Gasteiger partial charge on any atom is -0.340 e. The number of nitrogens with zero attached hydrogens (tertiary/aromatic N) is 4. The van der Waals surface area contributed by atoms with Gasteiger partial charge in [-0.25, -0.2) is 4.98 Å². The van der Waals surface area contributed by atoms with Crippen LogP contribution < -0.4 is 5.56 Å². The van der Waals surface area contributed by atoms with Crippen LogP contribution in [0.2, 0.25) is 0 Å². The van der Waals surface area contributed by atoms with Crippen LogP contribution in [-0.4, -0.2) is 51.4 Å². The molecular formula is C22H30N4O2. The summed E-state index contributed by atoms with van der Waals surface area (Å²) in [5.74, 6) is 1.49. The van der Waals surface area contributed by atoms with Gasteiger partial charge in [-0.3, -0.25) is 19.1 Å². The molecule has 6 nitrogen and oxygen atoms in total. The Morgan fingerprint density at radius 2 is 1.86 bits per heavy atom. The molecule has 1 aromatic carbocycles. The van der Waals surface area contributed by atoms with Crippen molar-refractivity contribution in [2.24, 2.45) is 5.92 Å². The number of amides is 1. The van der Waals surface area contributed by atoms with Crippen LogP contribution in [-0.2, 0) is 11.3 Å². The third-order valence-electron chi connectivity index (χ3n) is 6.02. The molecule has 2 fully saturated rings. The summed E-state index contributed by atoms with van der Waals surface area (Å²) >= 11 is 0. The molecule has 0 spiro atoms. The second-order valence-corrected chi connectivity index (χ2v) is 8.00. The van der Waals surface area contributed by atoms with Gasteiger partial charge in [-0.2, -0.15) is 0 Å². The van der Waals surface area contributed by atoms with Crippen molar-refractivity contribution < 1.29 is 4.79 Å². The van der Waals surface area contributed by atoms with E-state index in [1.165, 1.54) is 0 Å². The zero-order valence-electron chi connectivity index (χ0n) is 16.9. The second kappa shape index (κ2) is 8.03. The Labute approximate surface area is 166 Å². The summed E-state index contributed by atoms with van der Waals surface area (Å²) in [6, 6.07) is 7.72. The number of aromatic nitrogens is 2. The van der Waals surface area contributed by atoms with Gasteiger partial charge >= 0.3 is 0 Å². The van der Waals surface area contributed by atoms with Gasteiger partial charge in [0.05, 0.1) is 16.9 Å². The Morgan fingerprint density at radius 3 is 2.50 bits per heavy atom. The van der Waals surface area contributed by atoms with Crippen LogP contribution in [0.25, 0.3) is 10.9 Å². The number of piperazine rings is 1. The first kappa shape index (κ1) is 19.1. The topological polar surface area (TPSA) is 58.4 Å². The molecule has 2 aliphatic rings. The lowest BCUT2D eigenvalue weighted by Gasteiger charge is -2.39. The molecular weight excluding hydrogens is 352 g/mol. The number of para-hydroxylation sites is 1. The van der Waals surface area contributed by atoms with Crippen LogP contribution in [0.4, 0.5) is 0 Å². The third-order valence-corrected chi connectivity index (χ3v) is 6.02.